The molecule has 9 nitrogen and oxygen atoms in total. The van der Waals surface area contributed by atoms with Crippen molar-refractivity contribution in [2.45, 2.75) is 44.5 Å². The first-order valence-corrected chi connectivity index (χ1v) is 15.5. The Morgan fingerprint density at radius 2 is 1.43 bits per heavy atom. The Morgan fingerprint density at radius 3 is 2.07 bits per heavy atom. The van der Waals surface area contributed by atoms with Crippen molar-refractivity contribution in [2.24, 2.45) is 0 Å². The summed E-state index contributed by atoms with van der Waals surface area (Å²) in [5.41, 5.74) is 6.44. The van der Waals surface area contributed by atoms with Crippen molar-refractivity contribution in [2.75, 3.05) is 32.2 Å². The van der Waals surface area contributed by atoms with Crippen LogP contribution in [-0.4, -0.2) is 55.2 Å². The van der Waals surface area contributed by atoms with E-state index in [2.05, 4.69) is 17.0 Å². The second kappa shape index (κ2) is 12.7. The predicted molar refractivity (Wildman–Crippen MR) is 171 cm³/mol. The first-order chi connectivity index (χ1) is 22.4. The van der Waals surface area contributed by atoms with Crippen LogP contribution in [0.2, 0.25) is 0 Å². The number of aliphatic hydroxyl groups excluding tert-OH is 1. The second-order valence-corrected chi connectivity index (χ2v) is 11.9. The van der Waals surface area contributed by atoms with Crippen molar-refractivity contribution in [1.82, 2.24) is 4.90 Å². The number of methoxy groups -OCH3 is 2. The molecule has 0 aliphatic carbocycles. The van der Waals surface area contributed by atoms with Gasteiger partial charge in [-0.2, -0.15) is 0 Å². The molecule has 0 aromatic heterocycles. The van der Waals surface area contributed by atoms with Crippen molar-refractivity contribution in [3.05, 3.63) is 124 Å². The smallest absolute Gasteiger partial charge is 0.266 e. The molecule has 3 heterocycles. The fraction of sp³-hybridized carbons (Fsp3) is 0.297. The lowest BCUT2D eigenvalue weighted by Crippen LogP contribution is -2.41. The molecule has 0 unspecified atom stereocenters. The van der Waals surface area contributed by atoms with Gasteiger partial charge in [-0.25, -0.2) is 4.90 Å². The first-order valence-electron chi connectivity index (χ1n) is 15.5. The van der Waals surface area contributed by atoms with E-state index in [1.165, 1.54) is 16.0 Å². The lowest BCUT2D eigenvalue weighted by molar-refractivity contribution is -0.253. The normalized spacial score (nSPS) is 21.2. The summed E-state index contributed by atoms with van der Waals surface area (Å²) in [4.78, 5) is 29.7. The Morgan fingerprint density at radius 1 is 0.804 bits per heavy atom. The van der Waals surface area contributed by atoms with Crippen LogP contribution in [0.5, 0.6) is 11.5 Å². The van der Waals surface area contributed by atoms with E-state index in [0.717, 1.165) is 47.7 Å². The van der Waals surface area contributed by atoms with Gasteiger partial charge in [-0.3, -0.25) is 14.5 Å². The van der Waals surface area contributed by atoms with Crippen LogP contribution in [0.3, 0.4) is 0 Å². The average molecular weight is 621 g/mol. The molecular formula is C37H36N2O7. The molecule has 3 aliphatic heterocycles. The third-order valence-corrected chi connectivity index (χ3v) is 9.09. The quantitative estimate of drug-likeness (QED) is 0.254. The molecule has 4 aromatic carbocycles. The number of benzene rings is 4. The van der Waals surface area contributed by atoms with E-state index in [-0.39, 0.29) is 30.6 Å². The minimum atomic E-state index is -0.654. The molecule has 9 heteroatoms. The van der Waals surface area contributed by atoms with E-state index >= 15 is 0 Å². The number of carbonyl (C=O) groups is 2. The van der Waals surface area contributed by atoms with Crippen LogP contribution in [0, 0.1) is 0 Å². The number of carbonyl (C=O) groups excluding carboxylic acids is 2. The number of nitrogens with zero attached hydrogens (tertiary/aromatic N) is 2. The van der Waals surface area contributed by atoms with Gasteiger partial charge in [0.15, 0.2) is 17.8 Å². The maximum absolute atomic E-state index is 13.0. The summed E-state index contributed by atoms with van der Waals surface area (Å²) in [5, 5.41) is 9.55. The number of aliphatic hydroxyl groups is 1. The van der Waals surface area contributed by atoms with Crippen LogP contribution in [0.15, 0.2) is 84.9 Å². The molecule has 0 saturated carbocycles. The van der Waals surface area contributed by atoms with E-state index in [4.69, 9.17) is 18.9 Å². The Bertz CT molecular complexity index is 1720. The zero-order valence-electron chi connectivity index (χ0n) is 25.8. The zero-order chi connectivity index (χ0) is 31.8. The molecule has 1 N–H and O–H groups in total. The van der Waals surface area contributed by atoms with Gasteiger partial charge in [0.2, 0.25) is 0 Å². The lowest BCUT2D eigenvalue weighted by Gasteiger charge is -2.39. The van der Waals surface area contributed by atoms with Gasteiger partial charge in [0.25, 0.3) is 11.8 Å². The van der Waals surface area contributed by atoms with E-state index < -0.39 is 6.29 Å². The van der Waals surface area contributed by atoms with Crippen LogP contribution in [0.25, 0.3) is 0 Å². The third kappa shape index (κ3) is 5.67. The van der Waals surface area contributed by atoms with Gasteiger partial charge in [-0.1, -0.05) is 48.5 Å². The van der Waals surface area contributed by atoms with E-state index in [1.54, 1.807) is 50.6 Å². The fourth-order valence-corrected chi connectivity index (χ4v) is 6.62. The molecule has 7 rings (SSSR count). The molecule has 4 aromatic rings. The highest BCUT2D eigenvalue weighted by Crippen LogP contribution is 2.40. The number of imide groups is 1. The summed E-state index contributed by atoms with van der Waals surface area (Å²) in [5.74, 6) is 0.809. The van der Waals surface area contributed by atoms with Gasteiger partial charge in [-0.05, 0) is 65.1 Å². The zero-order valence-corrected chi connectivity index (χ0v) is 25.8. The van der Waals surface area contributed by atoms with Crippen LogP contribution in [0.1, 0.15) is 67.3 Å². The second-order valence-electron chi connectivity index (χ2n) is 11.9. The molecule has 2 amide bonds. The molecule has 1 saturated heterocycles. The molecule has 0 radical (unpaired) electrons. The number of rotatable bonds is 8. The van der Waals surface area contributed by atoms with Crippen molar-refractivity contribution >= 4 is 17.5 Å². The summed E-state index contributed by atoms with van der Waals surface area (Å²) in [6.07, 6.45) is 0.553. The SMILES string of the molecule is COc1cc2c(cc1OC)CN(C[C@@H]1C[C@H](c3ccc(CO)cc3)O[C@H](c3ccc(N4C(=O)c5ccccc5C4=O)cc3)O1)CC2. The third-order valence-electron chi connectivity index (χ3n) is 9.09. The predicted octanol–water partition coefficient (Wildman–Crippen LogP) is 5.60. The lowest BCUT2D eigenvalue weighted by atomic mass is 9.97. The van der Waals surface area contributed by atoms with Gasteiger partial charge in [0, 0.05) is 31.6 Å². The van der Waals surface area contributed by atoms with Crippen molar-refractivity contribution in [3.8, 4) is 11.5 Å². The number of hydrogen-bond donors (Lipinski definition) is 1. The van der Waals surface area contributed by atoms with Gasteiger partial charge >= 0.3 is 0 Å². The number of hydrogen-bond acceptors (Lipinski definition) is 8. The minimum Gasteiger partial charge on any atom is -0.493 e. The van der Waals surface area contributed by atoms with Crippen LogP contribution >= 0.6 is 0 Å². The summed E-state index contributed by atoms with van der Waals surface area (Å²) in [6.45, 7) is 2.35. The number of amides is 2. The van der Waals surface area contributed by atoms with E-state index in [9.17, 15) is 14.7 Å². The highest BCUT2D eigenvalue weighted by molar-refractivity contribution is 6.34. The molecule has 236 valence electrons. The Hall–Kier alpha value is -4.54. The Labute approximate surface area is 267 Å². The largest absolute Gasteiger partial charge is 0.493 e. The number of fused-ring (bicyclic) bond motifs is 2. The molecule has 3 aliphatic rings. The molecule has 3 atom stereocenters. The average Bonchev–Trinajstić information content (AvgIpc) is 3.36. The van der Waals surface area contributed by atoms with E-state index in [0.29, 0.717) is 29.8 Å². The van der Waals surface area contributed by atoms with E-state index in [1.807, 2.05) is 36.4 Å². The summed E-state index contributed by atoms with van der Waals surface area (Å²) in [6, 6.07) is 26.1. The molecule has 0 spiro atoms. The summed E-state index contributed by atoms with van der Waals surface area (Å²) >= 11 is 0. The van der Waals surface area contributed by atoms with Gasteiger partial charge in [-0.15, -0.1) is 0 Å². The Balaban J connectivity index is 1.11. The molecule has 0 bridgehead atoms. The first kappa shape index (κ1) is 30.1. The maximum Gasteiger partial charge on any atom is 0.266 e. The minimum absolute atomic E-state index is 0.0211. The van der Waals surface area contributed by atoms with Crippen LogP contribution in [0.4, 0.5) is 5.69 Å². The standard InChI is InChI=1S/C37H36N2O7/c1-43-33-17-26-15-16-38(20-27(26)18-34(33)44-2)21-29-19-32(24-9-7-23(22-40)8-10-24)46-37(45-29)25-11-13-28(14-12-25)39-35(41)30-5-3-4-6-31(30)36(39)42/h3-14,17-18,29,32,37,40H,15-16,19-22H2,1-2H3/t29-,32+,37+/m0/s1. The molecule has 1 fully saturated rings. The monoisotopic (exact) mass is 620 g/mol. The Kier molecular flexibility index (Phi) is 8.31. The maximum atomic E-state index is 13.0. The van der Waals surface area contributed by atoms with Gasteiger partial charge in [0.1, 0.15) is 0 Å². The van der Waals surface area contributed by atoms with Crippen molar-refractivity contribution in [3.63, 3.8) is 0 Å². The van der Waals surface area contributed by atoms with Crippen molar-refractivity contribution < 1.29 is 33.6 Å². The molecule has 46 heavy (non-hydrogen) atoms. The number of anilines is 1. The van der Waals surface area contributed by atoms with Crippen molar-refractivity contribution in [1.29, 1.82) is 0 Å². The summed E-state index contributed by atoms with van der Waals surface area (Å²) in [7, 11) is 3.31. The highest BCUT2D eigenvalue weighted by atomic mass is 16.7. The summed E-state index contributed by atoms with van der Waals surface area (Å²) < 4.78 is 24.2. The fourth-order valence-electron chi connectivity index (χ4n) is 6.62. The number of ether oxygens (including phenoxy) is 4. The topological polar surface area (TPSA) is 97.8 Å². The van der Waals surface area contributed by atoms with Crippen LogP contribution in [-0.2, 0) is 29.0 Å². The van der Waals surface area contributed by atoms with Gasteiger partial charge < -0.3 is 24.1 Å². The molecular weight excluding hydrogens is 584 g/mol. The van der Waals surface area contributed by atoms with Crippen LogP contribution < -0.4 is 14.4 Å². The van der Waals surface area contributed by atoms with Gasteiger partial charge in [0.05, 0.1) is 49.8 Å². The highest BCUT2D eigenvalue weighted by Gasteiger charge is 2.37.